The van der Waals surface area contributed by atoms with Crippen molar-refractivity contribution in [3.8, 4) is 0 Å². The first kappa shape index (κ1) is 29.8. The molecule has 4 rings (SSSR count). The maximum absolute atomic E-state index is 13.4. The lowest BCUT2D eigenvalue weighted by Gasteiger charge is -2.17. The number of methoxy groups -OCH3 is 1. The minimum Gasteiger partial charge on any atom is -0.465 e. The number of allylic oxidation sites excluding steroid dienone is 1. The molecule has 1 aliphatic rings. The standard InChI is InChI=1S/C30H26ClN3O8/c1-4-41-29(38)18-5-9-20(10-6-18)33-27(36)26(35)32-16-23-14-13-22(42-23)15-24-25(30(39)40-3)17(2)34(28(24)37)21-11-7-19(31)8-12-21/h5-15H,4,16H2,1-3H3,(H,32,35)(H,33,36)/b24-15+. The summed E-state index contributed by atoms with van der Waals surface area (Å²) in [5.41, 5.74) is 1.66. The van der Waals surface area contributed by atoms with Crippen LogP contribution < -0.4 is 15.5 Å². The Morgan fingerprint density at radius 3 is 2.29 bits per heavy atom. The predicted molar refractivity (Wildman–Crippen MR) is 153 cm³/mol. The molecular formula is C30H26ClN3O8. The highest BCUT2D eigenvalue weighted by atomic mass is 35.5. The van der Waals surface area contributed by atoms with Crippen LogP contribution in [0.3, 0.4) is 0 Å². The SMILES string of the molecule is CCOC(=O)c1ccc(NC(=O)C(=O)NCc2ccc(/C=C3/C(=O)N(c4ccc(Cl)cc4)C(C)=C3C(=O)OC)o2)cc1. The Hall–Kier alpha value is -5.16. The molecule has 0 saturated heterocycles. The van der Waals surface area contributed by atoms with Gasteiger partial charge in [0.25, 0.3) is 5.91 Å². The van der Waals surface area contributed by atoms with Gasteiger partial charge in [0, 0.05) is 22.1 Å². The quantitative estimate of drug-likeness (QED) is 0.225. The molecule has 216 valence electrons. The van der Waals surface area contributed by atoms with Crippen LogP contribution in [0.15, 0.2) is 81.9 Å². The zero-order chi connectivity index (χ0) is 30.4. The highest BCUT2D eigenvalue weighted by molar-refractivity contribution is 6.39. The second-order valence-corrected chi connectivity index (χ2v) is 9.30. The third-order valence-corrected chi connectivity index (χ3v) is 6.38. The first-order valence-electron chi connectivity index (χ1n) is 12.7. The summed E-state index contributed by atoms with van der Waals surface area (Å²) in [4.78, 5) is 63.7. The van der Waals surface area contributed by atoms with Crippen molar-refractivity contribution in [3.05, 3.63) is 99.6 Å². The first-order valence-corrected chi connectivity index (χ1v) is 13.1. The molecular weight excluding hydrogens is 566 g/mol. The molecule has 1 aliphatic heterocycles. The monoisotopic (exact) mass is 591 g/mol. The van der Waals surface area contributed by atoms with Gasteiger partial charge < -0.3 is 24.5 Å². The number of carbonyl (C=O) groups excluding carboxylic acids is 5. The molecule has 0 spiro atoms. The topological polar surface area (TPSA) is 144 Å². The Bertz CT molecular complexity index is 1600. The molecule has 0 fully saturated rings. The Morgan fingerprint density at radius 1 is 0.952 bits per heavy atom. The van der Waals surface area contributed by atoms with Gasteiger partial charge in [-0.1, -0.05) is 11.6 Å². The number of hydrogen-bond acceptors (Lipinski definition) is 8. The number of amides is 3. The fourth-order valence-electron chi connectivity index (χ4n) is 4.13. The van der Waals surface area contributed by atoms with Gasteiger partial charge in [-0.15, -0.1) is 0 Å². The highest BCUT2D eigenvalue weighted by Crippen LogP contribution is 2.36. The van der Waals surface area contributed by atoms with Crippen molar-refractivity contribution >= 4 is 58.7 Å². The van der Waals surface area contributed by atoms with Crippen LogP contribution in [-0.4, -0.2) is 43.4 Å². The summed E-state index contributed by atoms with van der Waals surface area (Å²) in [5.74, 6) is -2.96. The molecule has 0 saturated carbocycles. The Labute approximate surface area is 245 Å². The van der Waals surface area contributed by atoms with Gasteiger partial charge in [0.05, 0.1) is 37.0 Å². The second kappa shape index (κ2) is 13.0. The molecule has 0 radical (unpaired) electrons. The number of furan rings is 1. The van der Waals surface area contributed by atoms with E-state index in [0.29, 0.717) is 33.4 Å². The van der Waals surface area contributed by atoms with Gasteiger partial charge in [-0.05, 0) is 80.6 Å². The minimum atomic E-state index is -0.921. The molecule has 12 heteroatoms. The molecule has 2 heterocycles. The number of halogens is 1. The summed E-state index contributed by atoms with van der Waals surface area (Å²) < 4.78 is 15.5. The predicted octanol–water partition coefficient (Wildman–Crippen LogP) is 4.24. The summed E-state index contributed by atoms with van der Waals surface area (Å²) in [5, 5.41) is 5.38. The van der Waals surface area contributed by atoms with Gasteiger partial charge in [0.1, 0.15) is 11.5 Å². The largest absolute Gasteiger partial charge is 0.465 e. The fourth-order valence-corrected chi connectivity index (χ4v) is 4.26. The molecule has 3 amide bonds. The van der Waals surface area contributed by atoms with Crippen molar-refractivity contribution in [2.24, 2.45) is 0 Å². The molecule has 0 unspecified atom stereocenters. The van der Waals surface area contributed by atoms with Crippen LogP contribution in [0.1, 0.15) is 35.7 Å². The summed E-state index contributed by atoms with van der Waals surface area (Å²) in [6.07, 6.45) is 1.41. The minimum absolute atomic E-state index is 0.0626. The van der Waals surface area contributed by atoms with Crippen LogP contribution >= 0.6 is 11.6 Å². The van der Waals surface area contributed by atoms with Gasteiger partial charge in [-0.3, -0.25) is 19.3 Å². The maximum atomic E-state index is 13.4. The number of nitrogens with zero attached hydrogens (tertiary/aromatic N) is 1. The zero-order valence-corrected chi connectivity index (χ0v) is 23.6. The molecule has 2 N–H and O–H groups in total. The zero-order valence-electron chi connectivity index (χ0n) is 22.9. The molecule has 11 nitrogen and oxygen atoms in total. The molecule has 42 heavy (non-hydrogen) atoms. The number of carbonyl (C=O) groups is 5. The van der Waals surface area contributed by atoms with Crippen LogP contribution in [0.2, 0.25) is 5.02 Å². The average molecular weight is 592 g/mol. The maximum Gasteiger partial charge on any atom is 0.340 e. The number of anilines is 2. The third-order valence-electron chi connectivity index (χ3n) is 6.13. The summed E-state index contributed by atoms with van der Waals surface area (Å²) >= 11 is 5.98. The number of benzene rings is 2. The molecule has 2 aromatic carbocycles. The van der Waals surface area contributed by atoms with Gasteiger partial charge in [-0.2, -0.15) is 0 Å². The molecule has 0 atom stereocenters. The van der Waals surface area contributed by atoms with E-state index < -0.39 is 29.7 Å². The van der Waals surface area contributed by atoms with Crippen molar-refractivity contribution in [2.45, 2.75) is 20.4 Å². The smallest absolute Gasteiger partial charge is 0.340 e. The average Bonchev–Trinajstić information content (AvgIpc) is 3.53. The molecule has 0 bridgehead atoms. The Kier molecular flexibility index (Phi) is 9.23. The first-order chi connectivity index (χ1) is 20.1. The number of hydrogen-bond donors (Lipinski definition) is 2. The van der Waals surface area contributed by atoms with E-state index >= 15 is 0 Å². The van der Waals surface area contributed by atoms with E-state index in [2.05, 4.69) is 10.6 Å². The van der Waals surface area contributed by atoms with E-state index in [1.165, 1.54) is 42.4 Å². The van der Waals surface area contributed by atoms with Crippen molar-refractivity contribution in [1.29, 1.82) is 0 Å². The second-order valence-electron chi connectivity index (χ2n) is 8.87. The van der Waals surface area contributed by atoms with Crippen LogP contribution in [0.5, 0.6) is 0 Å². The van der Waals surface area contributed by atoms with Gasteiger partial charge in [0.2, 0.25) is 0 Å². The Morgan fingerprint density at radius 2 is 1.64 bits per heavy atom. The number of nitrogens with one attached hydrogen (secondary N) is 2. The van der Waals surface area contributed by atoms with E-state index in [-0.39, 0.29) is 30.1 Å². The highest BCUT2D eigenvalue weighted by Gasteiger charge is 2.38. The van der Waals surface area contributed by atoms with Crippen LogP contribution in [0, 0.1) is 0 Å². The van der Waals surface area contributed by atoms with E-state index in [9.17, 15) is 24.0 Å². The fraction of sp³-hybridized carbons (Fsp3) is 0.167. The van der Waals surface area contributed by atoms with Crippen molar-refractivity contribution in [1.82, 2.24) is 5.32 Å². The number of ether oxygens (including phenoxy) is 2. The van der Waals surface area contributed by atoms with E-state index in [1.54, 1.807) is 50.2 Å². The number of esters is 2. The number of rotatable bonds is 8. The van der Waals surface area contributed by atoms with E-state index in [4.69, 9.17) is 25.5 Å². The van der Waals surface area contributed by atoms with Gasteiger partial charge in [0.15, 0.2) is 0 Å². The van der Waals surface area contributed by atoms with E-state index in [1.807, 2.05) is 0 Å². The van der Waals surface area contributed by atoms with E-state index in [0.717, 1.165) is 0 Å². The molecule has 1 aromatic heterocycles. The van der Waals surface area contributed by atoms with Crippen molar-refractivity contribution in [2.75, 3.05) is 23.9 Å². The lowest BCUT2D eigenvalue weighted by molar-refractivity contribution is -0.136. The lowest BCUT2D eigenvalue weighted by Crippen LogP contribution is -2.34. The summed E-state index contributed by atoms with van der Waals surface area (Å²) in [6, 6.07) is 15.6. The summed E-state index contributed by atoms with van der Waals surface area (Å²) in [7, 11) is 1.22. The van der Waals surface area contributed by atoms with Crippen molar-refractivity contribution < 1.29 is 37.9 Å². The van der Waals surface area contributed by atoms with Crippen LogP contribution in [0.4, 0.5) is 11.4 Å². The van der Waals surface area contributed by atoms with Crippen LogP contribution in [0.25, 0.3) is 6.08 Å². The Balaban J connectivity index is 1.42. The van der Waals surface area contributed by atoms with Crippen molar-refractivity contribution in [3.63, 3.8) is 0 Å². The third kappa shape index (κ3) is 6.58. The van der Waals surface area contributed by atoms with Gasteiger partial charge in [-0.25, -0.2) is 9.59 Å². The molecule has 0 aliphatic carbocycles. The van der Waals surface area contributed by atoms with Gasteiger partial charge >= 0.3 is 23.8 Å². The normalized spacial score (nSPS) is 13.8. The summed E-state index contributed by atoms with van der Waals surface area (Å²) in [6.45, 7) is 3.43. The lowest BCUT2D eigenvalue weighted by atomic mass is 10.1. The van der Waals surface area contributed by atoms with Crippen LogP contribution in [-0.2, 0) is 35.2 Å². The molecule has 3 aromatic rings.